The smallest absolute Gasteiger partial charge is 0.243 e. The van der Waals surface area contributed by atoms with E-state index in [9.17, 15) is 9.59 Å². The van der Waals surface area contributed by atoms with Gasteiger partial charge >= 0.3 is 0 Å². The van der Waals surface area contributed by atoms with E-state index >= 15 is 0 Å². The second kappa shape index (κ2) is 12.2. The topological polar surface area (TPSA) is 80.5 Å². The van der Waals surface area contributed by atoms with Crippen molar-refractivity contribution in [3.05, 3.63) is 35.0 Å². The van der Waals surface area contributed by atoms with Crippen LogP contribution in [0.3, 0.4) is 0 Å². The Hall–Kier alpha value is -2.09. The number of aromatic amines is 1. The maximum absolute atomic E-state index is 13.4. The number of hydrogen-bond acceptors (Lipinski definition) is 4. The predicted molar refractivity (Wildman–Crippen MR) is 141 cm³/mol. The Morgan fingerprint density at radius 2 is 1.94 bits per heavy atom. The number of unbranched alkanes of at least 4 members (excludes halogenated alkanes) is 1. The van der Waals surface area contributed by atoms with Gasteiger partial charge in [-0.2, -0.15) is 0 Å². The highest BCUT2D eigenvalue weighted by atomic mass is 35.5. The molecular weight excluding hydrogens is 462 g/mol. The molecule has 2 saturated heterocycles. The zero-order valence-electron chi connectivity index (χ0n) is 21.1. The SMILES string of the molecule is CC(C)NC(CCCCN1CCCCC1)C(=O)N1CC[C@H]1C(=O)NCc1ccc2[nH]cc(Cl)c2c1. The third-order valence-corrected chi connectivity index (χ3v) is 7.58. The van der Waals surface area contributed by atoms with Crippen molar-refractivity contribution in [2.75, 3.05) is 26.2 Å². The predicted octanol–water partition coefficient (Wildman–Crippen LogP) is 4.06. The molecule has 0 saturated carbocycles. The molecule has 8 heteroatoms. The summed E-state index contributed by atoms with van der Waals surface area (Å²) in [6.07, 6.45) is 9.39. The van der Waals surface area contributed by atoms with Gasteiger partial charge in [-0.15, -0.1) is 0 Å². The Morgan fingerprint density at radius 1 is 1.14 bits per heavy atom. The molecule has 1 unspecified atom stereocenters. The average Bonchev–Trinajstić information content (AvgIpc) is 3.19. The molecule has 4 rings (SSSR count). The minimum Gasteiger partial charge on any atom is -0.360 e. The van der Waals surface area contributed by atoms with Crippen LogP contribution < -0.4 is 10.6 Å². The number of amides is 2. The van der Waals surface area contributed by atoms with Crippen LogP contribution in [0.5, 0.6) is 0 Å². The molecular formula is C27H40ClN5O2. The fourth-order valence-corrected chi connectivity index (χ4v) is 5.43. The minimum atomic E-state index is -0.383. The van der Waals surface area contributed by atoms with Crippen LogP contribution >= 0.6 is 11.6 Å². The second-order valence-electron chi connectivity index (χ2n) is 10.3. The van der Waals surface area contributed by atoms with Gasteiger partial charge in [0.25, 0.3) is 0 Å². The highest BCUT2D eigenvalue weighted by Gasteiger charge is 2.40. The summed E-state index contributed by atoms with van der Waals surface area (Å²) >= 11 is 6.22. The van der Waals surface area contributed by atoms with Crippen molar-refractivity contribution in [3.63, 3.8) is 0 Å². The summed E-state index contributed by atoms with van der Waals surface area (Å²) in [5, 5.41) is 8.09. The molecule has 2 atom stereocenters. The molecule has 192 valence electrons. The van der Waals surface area contributed by atoms with Crippen molar-refractivity contribution in [1.29, 1.82) is 0 Å². The van der Waals surface area contributed by atoms with Gasteiger partial charge < -0.3 is 25.4 Å². The zero-order chi connectivity index (χ0) is 24.8. The largest absolute Gasteiger partial charge is 0.360 e. The van der Waals surface area contributed by atoms with Crippen molar-refractivity contribution >= 4 is 34.3 Å². The number of aromatic nitrogens is 1. The van der Waals surface area contributed by atoms with Crippen LogP contribution in [0.4, 0.5) is 0 Å². The molecule has 0 aliphatic carbocycles. The average molecular weight is 502 g/mol. The van der Waals surface area contributed by atoms with Crippen molar-refractivity contribution in [3.8, 4) is 0 Å². The highest BCUT2D eigenvalue weighted by Crippen LogP contribution is 2.24. The molecule has 1 aromatic heterocycles. The standard InChI is InChI=1S/C27H40ClN5O2/c1-19(2)31-24(8-4-7-14-32-12-5-3-6-13-32)27(35)33-15-11-25(33)26(34)30-17-20-9-10-23-21(16-20)22(28)18-29-23/h9-10,16,18-19,24-25,29,31H,3-8,11-15,17H2,1-2H3,(H,30,34)/t24?,25-/m0/s1. The first-order chi connectivity index (χ1) is 16.9. The first-order valence-corrected chi connectivity index (χ1v) is 13.6. The number of hydrogen-bond donors (Lipinski definition) is 3. The van der Waals surface area contributed by atoms with Gasteiger partial charge in [0, 0.05) is 36.2 Å². The number of nitrogens with one attached hydrogen (secondary N) is 3. The number of benzene rings is 1. The van der Waals surface area contributed by atoms with E-state index in [-0.39, 0.29) is 29.9 Å². The summed E-state index contributed by atoms with van der Waals surface area (Å²) in [5.74, 6) is -0.0261. The van der Waals surface area contributed by atoms with Crippen molar-refractivity contribution in [1.82, 2.24) is 25.4 Å². The van der Waals surface area contributed by atoms with Gasteiger partial charge in [0.2, 0.25) is 11.8 Å². The quantitative estimate of drug-likeness (QED) is 0.405. The Labute approximate surface area is 213 Å². The van der Waals surface area contributed by atoms with Crippen LogP contribution in [0.2, 0.25) is 5.02 Å². The lowest BCUT2D eigenvalue weighted by Gasteiger charge is -2.42. The maximum Gasteiger partial charge on any atom is 0.243 e. The fraction of sp³-hybridized carbons (Fsp3) is 0.630. The van der Waals surface area contributed by atoms with Crippen LogP contribution in [0, 0.1) is 0 Å². The molecule has 35 heavy (non-hydrogen) atoms. The molecule has 3 N–H and O–H groups in total. The van der Waals surface area contributed by atoms with Gasteiger partial charge in [0.1, 0.15) is 6.04 Å². The summed E-state index contributed by atoms with van der Waals surface area (Å²) < 4.78 is 0. The van der Waals surface area contributed by atoms with E-state index in [0.29, 0.717) is 24.5 Å². The van der Waals surface area contributed by atoms with Crippen LogP contribution in [-0.4, -0.2) is 70.9 Å². The van der Waals surface area contributed by atoms with Gasteiger partial charge in [0.15, 0.2) is 0 Å². The van der Waals surface area contributed by atoms with Gasteiger partial charge in [-0.1, -0.05) is 44.4 Å². The monoisotopic (exact) mass is 501 g/mol. The lowest BCUT2D eigenvalue weighted by atomic mass is 9.98. The van der Waals surface area contributed by atoms with Gasteiger partial charge in [0.05, 0.1) is 11.1 Å². The number of fused-ring (bicyclic) bond motifs is 1. The number of piperidine rings is 1. The number of carbonyl (C=O) groups is 2. The number of carbonyl (C=O) groups excluding carboxylic acids is 2. The second-order valence-corrected chi connectivity index (χ2v) is 10.7. The molecule has 2 fully saturated rings. The number of rotatable bonds is 11. The molecule has 1 aromatic carbocycles. The maximum atomic E-state index is 13.4. The third kappa shape index (κ3) is 6.78. The summed E-state index contributed by atoms with van der Waals surface area (Å²) in [5.41, 5.74) is 1.96. The van der Waals surface area contributed by atoms with Crippen molar-refractivity contribution < 1.29 is 9.59 Å². The first-order valence-electron chi connectivity index (χ1n) is 13.2. The van der Waals surface area contributed by atoms with Gasteiger partial charge in [-0.25, -0.2) is 0 Å². The number of halogens is 1. The molecule has 2 aliphatic heterocycles. The van der Waals surface area contributed by atoms with E-state index in [2.05, 4.69) is 34.4 Å². The van der Waals surface area contributed by atoms with E-state index < -0.39 is 0 Å². The van der Waals surface area contributed by atoms with E-state index in [1.165, 1.54) is 32.4 Å². The van der Waals surface area contributed by atoms with E-state index in [0.717, 1.165) is 42.3 Å². The van der Waals surface area contributed by atoms with Crippen molar-refractivity contribution in [2.45, 2.75) is 83.5 Å². The Kier molecular flexibility index (Phi) is 9.09. The number of likely N-dealkylation sites (tertiary alicyclic amines) is 2. The van der Waals surface area contributed by atoms with Crippen LogP contribution in [-0.2, 0) is 16.1 Å². The Balaban J connectivity index is 1.27. The lowest BCUT2D eigenvalue weighted by Crippen LogP contribution is -2.62. The van der Waals surface area contributed by atoms with E-state index in [4.69, 9.17) is 11.6 Å². The minimum absolute atomic E-state index is 0.0589. The van der Waals surface area contributed by atoms with Crippen LogP contribution in [0.15, 0.2) is 24.4 Å². The summed E-state index contributed by atoms with van der Waals surface area (Å²) in [6.45, 7) is 8.75. The third-order valence-electron chi connectivity index (χ3n) is 7.27. The first kappa shape index (κ1) is 26.0. The van der Waals surface area contributed by atoms with Gasteiger partial charge in [-0.05, 0) is 69.4 Å². The number of nitrogens with zero attached hydrogens (tertiary/aromatic N) is 2. The molecule has 0 bridgehead atoms. The van der Waals surface area contributed by atoms with E-state index in [1.54, 1.807) is 11.1 Å². The molecule has 2 aliphatic rings. The van der Waals surface area contributed by atoms with Crippen LogP contribution in [0.25, 0.3) is 10.9 Å². The van der Waals surface area contributed by atoms with Crippen LogP contribution in [0.1, 0.15) is 64.4 Å². The molecule has 7 nitrogen and oxygen atoms in total. The Bertz CT molecular complexity index is 1000. The highest BCUT2D eigenvalue weighted by molar-refractivity contribution is 6.35. The molecule has 0 spiro atoms. The van der Waals surface area contributed by atoms with E-state index in [1.807, 2.05) is 18.2 Å². The summed E-state index contributed by atoms with van der Waals surface area (Å²) in [7, 11) is 0. The lowest BCUT2D eigenvalue weighted by molar-refractivity contribution is -0.149. The number of H-pyrrole nitrogens is 1. The fourth-order valence-electron chi connectivity index (χ4n) is 5.22. The normalized spacial score (nSPS) is 19.7. The van der Waals surface area contributed by atoms with Crippen molar-refractivity contribution in [2.24, 2.45) is 0 Å². The molecule has 0 radical (unpaired) electrons. The zero-order valence-corrected chi connectivity index (χ0v) is 21.9. The summed E-state index contributed by atoms with van der Waals surface area (Å²) in [4.78, 5) is 33.7. The Morgan fingerprint density at radius 3 is 2.66 bits per heavy atom. The molecule has 2 aromatic rings. The summed E-state index contributed by atoms with van der Waals surface area (Å²) in [6, 6.07) is 5.54. The van der Waals surface area contributed by atoms with Gasteiger partial charge in [-0.3, -0.25) is 9.59 Å². The molecule has 3 heterocycles. The molecule has 2 amide bonds.